The van der Waals surface area contributed by atoms with Crippen molar-refractivity contribution < 1.29 is 13.2 Å². The zero-order chi connectivity index (χ0) is 17.8. The van der Waals surface area contributed by atoms with Gasteiger partial charge in [-0.05, 0) is 57.5 Å². The summed E-state index contributed by atoms with van der Waals surface area (Å²) >= 11 is 0. The van der Waals surface area contributed by atoms with Gasteiger partial charge in [-0.2, -0.15) is 12.7 Å². The second-order valence-electron chi connectivity index (χ2n) is 8.13. The fraction of sp³-hybridized carbons (Fsp3) is 1.00. The number of nitrogens with zero attached hydrogens (tertiary/aromatic N) is 2. The molecular weight excluding hydrogens is 338 g/mol. The van der Waals surface area contributed by atoms with Crippen molar-refractivity contribution in [2.75, 3.05) is 46.4 Å². The van der Waals surface area contributed by atoms with Crippen molar-refractivity contribution in [3.63, 3.8) is 0 Å². The number of hydrogen-bond acceptors (Lipinski definition) is 4. The van der Waals surface area contributed by atoms with Gasteiger partial charge in [-0.25, -0.2) is 4.72 Å². The van der Waals surface area contributed by atoms with Crippen molar-refractivity contribution >= 4 is 10.2 Å². The van der Waals surface area contributed by atoms with Gasteiger partial charge in [0.15, 0.2) is 0 Å². The molecule has 3 aliphatic rings. The van der Waals surface area contributed by atoms with Crippen LogP contribution in [-0.4, -0.2) is 69.6 Å². The first-order valence-electron chi connectivity index (χ1n) is 10.0. The molecule has 2 saturated heterocycles. The van der Waals surface area contributed by atoms with Gasteiger partial charge in [0.1, 0.15) is 0 Å². The molecule has 0 spiro atoms. The molecule has 3 rings (SSSR count). The van der Waals surface area contributed by atoms with E-state index in [9.17, 15) is 8.42 Å². The van der Waals surface area contributed by atoms with Crippen LogP contribution < -0.4 is 4.72 Å². The second kappa shape index (κ2) is 8.65. The third-order valence-corrected chi connectivity index (χ3v) is 7.89. The van der Waals surface area contributed by atoms with Crippen molar-refractivity contribution in [1.82, 2.24) is 13.9 Å². The molecule has 1 aliphatic carbocycles. The minimum absolute atomic E-state index is 0.0508. The van der Waals surface area contributed by atoms with Gasteiger partial charge in [-0.1, -0.05) is 19.3 Å². The maximum atomic E-state index is 12.9. The molecule has 0 amide bonds. The van der Waals surface area contributed by atoms with Crippen LogP contribution in [0.1, 0.15) is 57.8 Å². The second-order valence-corrected chi connectivity index (χ2v) is 9.88. The van der Waals surface area contributed by atoms with Gasteiger partial charge in [0, 0.05) is 32.3 Å². The highest BCUT2D eigenvalue weighted by Gasteiger charge is 2.41. The number of likely N-dealkylation sites (tertiary alicyclic amines) is 1. The van der Waals surface area contributed by atoms with Crippen molar-refractivity contribution in [2.24, 2.45) is 5.92 Å². The zero-order valence-corrected chi connectivity index (χ0v) is 16.5. The first-order chi connectivity index (χ1) is 12.1. The van der Waals surface area contributed by atoms with Gasteiger partial charge in [0.05, 0.1) is 6.61 Å². The molecule has 0 bridgehead atoms. The predicted octanol–water partition coefficient (Wildman–Crippen LogP) is 1.98. The SMILES string of the molecule is COCC1CCCN(S(=O)(=O)NCC2(N3CCCCC3)CCCC2)C1. The summed E-state index contributed by atoms with van der Waals surface area (Å²) in [5, 5.41) is 0. The van der Waals surface area contributed by atoms with Crippen LogP contribution in [0.15, 0.2) is 0 Å². The Balaban J connectivity index is 1.61. The Morgan fingerprint density at radius 3 is 2.44 bits per heavy atom. The largest absolute Gasteiger partial charge is 0.384 e. The Hall–Kier alpha value is -0.210. The summed E-state index contributed by atoms with van der Waals surface area (Å²) in [4.78, 5) is 2.58. The average Bonchev–Trinajstić information content (AvgIpc) is 3.12. The number of hydrogen-bond donors (Lipinski definition) is 1. The van der Waals surface area contributed by atoms with Crippen molar-refractivity contribution in [1.29, 1.82) is 0 Å². The number of methoxy groups -OCH3 is 1. The van der Waals surface area contributed by atoms with Crippen LogP contribution in [0.5, 0.6) is 0 Å². The quantitative estimate of drug-likeness (QED) is 0.741. The summed E-state index contributed by atoms with van der Waals surface area (Å²) in [5.74, 6) is 0.317. The van der Waals surface area contributed by atoms with Gasteiger partial charge < -0.3 is 4.74 Å². The normalized spacial score (nSPS) is 29.1. The van der Waals surface area contributed by atoms with Crippen molar-refractivity contribution in [2.45, 2.75) is 63.3 Å². The minimum atomic E-state index is -3.40. The van der Waals surface area contributed by atoms with Crippen LogP contribution >= 0.6 is 0 Å². The number of nitrogens with one attached hydrogen (secondary N) is 1. The summed E-state index contributed by atoms with van der Waals surface area (Å²) in [6.45, 7) is 4.68. The smallest absolute Gasteiger partial charge is 0.279 e. The molecule has 25 heavy (non-hydrogen) atoms. The maximum Gasteiger partial charge on any atom is 0.279 e. The van der Waals surface area contributed by atoms with E-state index in [1.54, 1.807) is 11.4 Å². The van der Waals surface area contributed by atoms with Crippen LogP contribution in [0.4, 0.5) is 0 Å². The third kappa shape index (κ3) is 4.75. The molecule has 2 aliphatic heterocycles. The summed E-state index contributed by atoms with van der Waals surface area (Å²) in [7, 11) is -1.71. The molecule has 3 fully saturated rings. The summed E-state index contributed by atoms with van der Waals surface area (Å²) in [6, 6.07) is 0. The topological polar surface area (TPSA) is 61.9 Å². The van der Waals surface area contributed by atoms with E-state index in [0.717, 1.165) is 38.8 Å². The Morgan fingerprint density at radius 2 is 1.76 bits per heavy atom. The fourth-order valence-electron chi connectivity index (χ4n) is 4.94. The Morgan fingerprint density at radius 1 is 1.04 bits per heavy atom. The van der Waals surface area contributed by atoms with Gasteiger partial charge in [-0.15, -0.1) is 0 Å². The van der Waals surface area contributed by atoms with Crippen LogP contribution in [-0.2, 0) is 14.9 Å². The average molecular weight is 374 g/mol. The van der Waals surface area contributed by atoms with E-state index in [2.05, 4.69) is 9.62 Å². The lowest BCUT2D eigenvalue weighted by Crippen LogP contribution is -2.57. The Bertz CT molecular complexity index is 512. The molecule has 0 aromatic carbocycles. The van der Waals surface area contributed by atoms with E-state index in [0.29, 0.717) is 32.2 Å². The monoisotopic (exact) mass is 373 g/mol. The van der Waals surface area contributed by atoms with Crippen LogP contribution in [0.3, 0.4) is 0 Å². The molecule has 6 nitrogen and oxygen atoms in total. The maximum absolute atomic E-state index is 12.9. The lowest BCUT2D eigenvalue weighted by molar-refractivity contribution is 0.0735. The van der Waals surface area contributed by atoms with Crippen molar-refractivity contribution in [3.8, 4) is 0 Å². The van der Waals surface area contributed by atoms with Gasteiger partial charge in [0.25, 0.3) is 10.2 Å². The molecule has 1 unspecified atom stereocenters. The Labute approximate surface area is 153 Å². The molecule has 2 heterocycles. The first kappa shape index (κ1) is 19.5. The Kier molecular flexibility index (Phi) is 6.77. The zero-order valence-electron chi connectivity index (χ0n) is 15.7. The summed E-state index contributed by atoms with van der Waals surface area (Å²) in [5.41, 5.74) is 0.0508. The highest BCUT2D eigenvalue weighted by atomic mass is 32.2. The number of rotatable bonds is 7. The molecule has 0 aromatic heterocycles. The van der Waals surface area contributed by atoms with Crippen molar-refractivity contribution in [3.05, 3.63) is 0 Å². The van der Waals surface area contributed by atoms with E-state index in [1.807, 2.05) is 0 Å². The van der Waals surface area contributed by atoms with Gasteiger partial charge in [-0.3, -0.25) is 4.90 Å². The molecule has 146 valence electrons. The van der Waals surface area contributed by atoms with E-state index in [4.69, 9.17) is 4.74 Å². The molecule has 0 radical (unpaired) electrons. The molecule has 0 aromatic rings. The van der Waals surface area contributed by atoms with Crippen LogP contribution in [0.25, 0.3) is 0 Å². The summed E-state index contributed by atoms with van der Waals surface area (Å²) < 4.78 is 35.6. The van der Waals surface area contributed by atoms with Gasteiger partial charge >= 0.3 is 0 Å². The third-order valence-electron chi connectivity index (χ3n) is 6.37. The number of piperidine rings is 2. The van der Waals surface area contributed by atoms with Crippen LogP contribution in [0.2, 0.25) is 0 Å². The molecular formula is C18H35N3O3S. The predicted molar refractivity (Wildman–Crippen MR) is 99.7 cm³/mol. The van der Waals surface area contributed by atoms with E-state index >= 15 is 0 Å². The lowest BCUT2D eigenvalue weighted by atomic mass is 9.92. The minimum Gasteiger partial charge on any atom is -0.384 e. The standard InChI is InChI=1S/C18H35N3O3S/c1-24-15-17-8-7-13-21(14-17)25(22,23)19-16-18(9-3-4-10-18)20-11-5-2-6-12-20/h17,19H,2-16H2,1H3. The van der Waals surface area contributed by atoms with Crippen LogP contribution in [0, 0.1) is 5.92 Å². The number of ether oxygens (including phenoxy) is 1. The van der Waals surface area contributed by atoms with E-state index < -0.39 is 10.2 Å². The highest BCUT2D eigenvalue weighted by molar-refractivity contribution is 7.87. The van der Waals surface area contributed by atoms with E-state index in [1.165, 1.54) is 32.1 Å². The molecule has 1 saturated carbocycles. The fourth-order valence-corrected chi connectivity index (χ4v) is 6.35. The first-order valence-corrected chi connectivity index (χ1v) is 11.5. The van der Waals surface area contributed by atoms with Gasteiger partial charge in [0.2, 0.25) is 0 Å². The lowest BCUT2D eigenvalue weighted by Gasteiger charge is -2.44. The van der Waals surface area contributed by atoms with E-state index in [-0.39, 0.29) is 5.54 Å². The summed E-state index contributed by atoms with van der Waals surface area (Å²) in [6.07, 6.45) is 10.5. The molecule has 7 heteroatoms. The highest BCUT2D eigenvalue weighted by Crippen LogP contribution is 2.36. The molecule has 1 atom stereocenters. The molecule has 1 N–H and O–H groups in total.